The predicted octanol–water partition coefficient (Wildman–Crippen LogP) is 2.45. The molecule has 0 radical (unpaired) electrons. The molecule has 6 heteroatoms. The molecule has 2 aromatic carbocycles. The molecule has 0 aliphatic heterocycles. The molecule has 0 aliphatic rings. The first-order valence-electron chi connectivity index (χ1n) is 7.03. The topological polar surface area (TPSA) is 81.0 Å². The van der Waals surface area contributed by atoms with Crippen LogP contribution in [0.2, 0.25) is 0 Å². The van der Waals surface area contributed by atoms with Crippen molar-refractivity contribution in [3.05, 3.63) is 70.7 Å². The van der Waals surface area contributed by atoms with Crippen LogP contribution in [0.5, 0.6) is 5.75 Å². The molecule has 23 heavy (non-hydrogen) atoms. The molecule has 114 valence electrons. The maximum absolute atomic E-state index is 11.8. The van der Waals surface area contributed by atoms with Gasteiger partial charge >= 0.3 is 5.76 Å². The largest absolute Gasteiger partial charge is 0.492 e. The molecule has 0 atom stereocenters. The van der Waals surface area contributed by atoms with Crippen molar-refractivity contribution in [2.45, 2.75) is 6.54 Å². The van der Waals surface area contributed by atoms with Crippen molar-refractivity contribution in [1.82, 2.24) is 9.72 Å². The summed E-state index contributed by atoms with van der Waals surface area (Å²) in [6.45, 7) is 0.597. The quantitative estimate of drug-likeness (QED) is 0.723. The maximum atomic E-state index is 11.8. The van der Waals surface area contributed by atoms with Crippen LogP contribution in [0.1, 0.15) is 5.56 Å². The van der Waals surface area contributed by atoms with Crippen molar-refractivity contribution in [1.29, 1.82) is 5.26 Å². The third-order valence-corrected chi connectivity index (χ3v) is 3.29. The molecular weight excluding hydrogens is 294 g/mol. The zero-order valence-electron chi connectivity index (χ0n) is 12.2. The van der Waals surface area contributed by atoms with Crippen LogP contribution in [0, 0.1) is 11.3 Å². The molecule has 3 rings (SSSR count). The van der Waals surface area contributed by atoms with Crippen molar-refractivity contribution in [3.63, 3.8) is 0 Å². The lowest BCUT2D eigenvalue weighted by Gasteiger charge is -2.07. The summed E-state index contributed by atoms with van der Waals surface area (Å²) in [5.74, 6) is 0.584. The van der Waals surface area contributed by atoms with Gasteiger partial charge in [-0.2, -0.15) is 5.26 Å². The summed E-state index contributed by atoms with van der Waals surface area (Å²) < 4.78 is 11.8. The Balaban J connectivity index is 1.70. The van der Waals surface area contributed by atoms with Gasteiger partial charge in [-0.3, -0.25) is 9.09 Å². The van der Waals surface area contributed by atoms with Crippen LogP contribution >= 0.6 is 0 Å². The maximum Gasteiger partial charge on any atom is 0.441 e. The Bertz CT molecular complexity index is 874. The molecular formula is C17H13N3O3. The molecule has 0 bridgehead atoms. The summed E-state index contributed by atoms with van der Waals surface area (Å²) in [5.41, 5.74) is 1.37. The van der Waals surface area contributed by atoms with Crippen LogP contribution in [0.4, 0.5) is 0 Å². The fraction of sp³-hybridized carbons (Fsp3) is 0.118. The van der Waals surface area contributed by atoms with Gasteiger partial charge in [-0.25, -0.2) is 4.79 Å². The molecule has 3 aromatic rings. The normalized spacial score (nSPS) is 10.2. The van der Waals surface area contributed by atoms with E-state index in [1.54, 1.807) is 24.3 Å². The van der Waals surface area contributed by atoms with E-state index in [1.807, 2.05) is 36.4 Å². The summed E-state index contributed by atoms with van der Waals surface area (Å²) in [6.07, 6.45) is 0. The van der Waals surface area contributed by atoms with Crippen LogP contribution in [0.25, 0.3) is 11.4 Å². The van der Waals surface area contributed by atoms with E-state index in [2.05, 4.69) is 5.16 Å². The Kier molecular flexibility index (Phi) is 4.20. The average Bonchev–Trinajstić information content (AvgIpc) is 2.97. The van der Waals surface area contributed by atoms with Gasteiger partial charge in [0.2, 0.25) is 0 Å². The summed E-state index contributed by atoms with van der Waals surface area (Å²) in [5, 5.41) is 12.6. The van der Waals surface area contributed by atoms with E-state index in [0.717, 1.165) is 5.56 Å². The Labute approximate surface area is 132 Å². The molecule has 0 aliphatic carbocycles. The number of nitrogens with zero attached hydrogens (tertiary/aromatic N) is 3. The molecule has 1 heterocycles. The van der Waals surface area contributed by atoms with Crippen LogP contribution in [-0.2, 0) is 6.54 Å². The van der Waals surface area contributed by atoms with Gasteiger partial charge in [0.25, 0.3) is 0 Å². The number of nitriles is 1. The third kappa shape index (κ3) is 3.30. The van der Waals surface area contributed by atoms with Crippen LogP contribution in [-0.4, -0.2) is 16.3 Å². The molecule has 0 fully saturated rings. The van der Waals surface area contributed by atoms with Crippen molar-refractivity contribution in [2.24, 2.45) is 0 Å². The minimum absolute atomic E-state index is 0.285. The molecule has 0 N–H and O–H groups in total. The van der Waals surface area contributed by atoms with Gasteiger partial charge in [0.1, 0.15) is 12.4 Å². The van der Waals surface area contributed by atoms with E-state index in [9.17, 15) is 4.79 Å². The minimum Gasteiger partial charge on any atom is -0.492 e. The highest BCUT2D eigenvalue weighted by molar-refractivity contribution is 5.54. The second-order valence-electron chi connectivity index (χ2n) is 4.77. The monoisotopic (exact) mass is 307 g/mol. The zero-order chi connectivity index (χ0) is 16.1. The van der Waals surface area contributed by atoms with Crippen molar-refractivity contribution < 1.29 is 9.26 Å². The van der Waals surface area contributed by atoms with E-state index < -0.39 is 5.76 Å². The van der Waals surface area contributed by atoms with Gasteiger partial charge in [0.05, 0.1) is 18.2 Å². The number of benzene rings is 2. The number of hydrogen-bond acceptors (Lipinski definition) is 5. The fourth-order valence-corrected chi connectivity index (χ4v) is 2.14. The first kappa shape index (κ1) is 14.6. The Morgan fingerprint density at radius 3 is 2.57 bits per heavy atom. The number of rotatable bonds is 5. The Hall–Kier alpha value is -3.33. The second-order valence-corrected chi connectivity index (χ2v) is 4.77. The van der Waals surface area contributed by atoms with Gasteiger partial charge in [0.15, 0.2) is 5.82 Å². The van der Waals surface area contributed by atoms with Crippen molar-refractivity contribution in [2.75, 3.05) is 6.61 Å². The lowest BCUT2D eigenvalue weighted by molar-refractivity contribution is 0.290. The van der Waals surface area contributed by atoms with E-state index in [0.29, 0.717) is 23.7 Å². The Morgan fingerprint density at radius 2 is 1.87 bits per heavy atom. The summed E-state index contributed by atoms with van der Waals surface area (Å²) in [6, 6.07) is 18.2. The average molecular weight is 307 g/mol. The molecule has 1 aromatic heterocycles. The molecule has 0 saturated carbocycles. The summed E-state index contributed by atoms with van der Waals surface area (Å²) in [7, 11) is 0. The fourth-order valence-electron chi connectivity index (χ4n) is 2.14. The Morgan fingerprint density at radius 1 is 1.13 bits per heavy atom. The van der Waals surface area contributed by atoms with E-state index in [-0.39, 0.29) is 6.61 Å². The third-order valence-electron chi connectivity index (χ3n) is 3.29. The first-order valence-corrected chi connectivity index (χ1v) is 7.03. The number of aromatic nitrogens is 2. The smallest absolute Gasteiger partial charge is 0.441 e. The van der Waals surface area contributed by atoms with Gasteiger partial charge in [-0.05, 0) is 24.3 Å². The van der Waals surface area contributed by atoms with Gasteiger partial charge < -0.3 is 4.74 Å². The summed E-state index contributed by atoms with van der Waals surface area (Å²) in [4.78, 5) is 11.8. The SMILES string of the molecule is N#Cc1ccc(OCCn2c(-c3ccccc3)noc2=O)cc1. The lowest BCUT2D eigenvalue weighted by atomic mass is 10.2. The van der Waals surface area contributed by atoms with Gasteiger partial charge in [-0.15, -0.1) is 0 Å². The van der Waals surface area contributed by atoms with Crippen molar-refractivity contribution in [3.8, 4) is 23.2 Å². The predicted molar refractivity (Wildman–Crippen MR) is 82.9 cm³/mol. The number of hydrogen-bond donors (Lipinski definition) is 0. The molecule has 0 spiro atoms. The minimum atomic E-state index is -0.521. The molecule has 0 unspecified atom stereocenters. The molecule has 0 amide bonds. The molecule has 0 saturated heterocycles. The highest BCUT2D eigenvalue weighted by Gasteiger charge is 2.12. The van der Waals surface area contributed by atoms with Crippen LogP contribution in [0.3, 0.4) is 0 Å². The van der Waals surface area contributed by atoms with Gasteiger partial charge in [0, 0.05) is 5.56 Å². The molecule has 6 nitrogen and oxygen atoms in total. The van der Waals surface area contributed by atoms with Crippen molar-refractivity contribution >= 4 is 0 Å². The first-order chi connectivity index (χ1) is 11.3. The van der Waals surface area contributed by atoms with Gasteiger partial charge in [-0.1, -0.05) is 35.5 Å². The standard InChI is InChI=1S/C17H13N3O3/c18-12-13-6-8-15(9-7-13)22-11-10-20-16(19-23-17(20)21)14-4-2-1-3-5-14/h1-9H,10-11H2. The van der Waals surface area contributed by atoms with Crippen LogP contribution in [0.15, 0.2) is 63.9 Å². The van der Waals surface area contributed by atoms with E-state index in [4.69, 9.17) is 14.5 Å². The lowest BCUT2D eigenvalue weighted by Crippen LogP contribution is -2.19. The zero-order valence-corrected chi connectivity index (χ0v) is 12.2. The van der Waals surface area contributed by atoms with E-state index in [1.165, 1.54) is 4.57 Å². The van der Waals surface area contributed by atoms with Crippen LogP contribution < -0.4 is 10.5 Å². The highest BCUT2D eigenvalue weighted by atomic mass is 16.5. The second kappa shape index (κ2) is 6.62. The van der Waals surface area contributed by atoms with E-state index >= 15 is 0 Å². The highest BCUT2D eigenvalue weighted by Crippen LogP contribution is 2.15. The number of ether oxygens (including phenoxy) is 1. The summed E-state index contributed by atoms with van der Waals surface area (Å²) >= 11 is 0.